The molecule has 0 amide bonds. The second-order valence-electron chi connectivity index (χ2n) is 12.4. The number of nitrogens with zero attached hydrogens (tertiary/aromatic N) is 2. The summed E-state index contributed by atoms with van der Waals surface area (Å²) in [7, 11) is 0. The first-order chi connectivity index (χ1) is 24.7. The van der Waals surface area contributed by atoms with E-state index < -0.39 is 0 Å². The van der Waals surface area contributed by atoms with Crippen molar-refractivity contribution in [2.45, 2.75) is 38.5 Å². The molecular weight excluding hydrogens is 685 g/mol. The van der Waals surface area contributed by atoms with Gasteiger partial charge < -0.3 is 9.80 Å². The van der Waals surface area contributed by atoms with E-state index in [0.717, 1.165) is 88.9 Å². The molecule has 50 heavy (non-hydrogen) atoms. The molecule has 2 nitrogen and oxygen atoms in total. The minimum absolute atomic E-state index is 1.01. The maximum atomic E-state index is 3.23. The average molecular weight is 729 g/mol. The molecule has 4 aromatic heterocycles. The van der Waals surface area contributed by atoms with Crippen LogP contribution >= 0.6 is 45.3 Å². The van der Waals surface area contributed by atoms with Crippen molar-refractivity contribution >= 4 is 45.3 Å². The molecule has 6 heteroatoms. The molecule has 0 radical (unpaired) electrons. The fraction of sp³-hybridized carbons (Fsp3) is 0.273. The topological polar surface area (TPSA) is 6.48 Å². The Hall–Kier alpha value is -3.72. The van der Waals surface area contributed by atoms with E-state index in [0.29, 0.717) is 0 Å². The first-order valence-electron chi connectivity index (χ1n) is 17.5. The summed E-state index contributed by atoms with van der Waals surface area (Å²) in [4.78, 5) is 11.1. The molecule has 4 heterocycles. The van der Waals surface area contributed by atoms with Gasteiger partial charge in [-0.25, -0.2) is 0 Å². The maximum Gasteiger partial charge on any atom is 0.0255 e. The minimum atomic E-state index is 1.01. The van der Waals surface area contributed by atoms with Crippen molar-refractivity contribution in [1.29, 1.82) is 0 Å². The standard InChI is InChI=1S/C44H44N2S4/c1(7-37-13-17-39(18-14-37)21-27-45(29-23-41-9-3-33-47-41)30-24-42-10-4-34-48-42)2-8-38-15-19-40(20-16-38)22-28-46(31-25-43-11-5-35-49-43)32-26-44-12-6-36-50-44/h3-6,9-20,33-36H,21-32H2. The second kappa shape index (κ2) is 20.2. The van der Waals surface area contributed by atoms with Crippen molar-refractivity contribution in [2.75, 3.05) is 39.3 Å². The van der Waals surface area contributed by atoms with Gasteiger partial charge in [0.25, 0.3) is 0 Å². The molecular formula is C44H44N2S4. The third-order valence-corrected chi connectivity index (χ3v) is 12.6. The van der Waals surface area contributed by atoms with Gasteiger partial charge in [0.05, 0.1) is 0 Å². The van der Waals surface area contributed by atoms with Gasteiger partial charge in [-0.2, -0.15) is 0 Å². The van der Waals surface area contributed by atoms with Crippen LogP contribution in [-0.2, 0) is 38.5 Å². The summed E-state index contributed by atoms with van der Waals surface area (Å²) < 4.78 is 0. The summed E-state index contributed by atoms with van der Waals surface area (Å²) >= 11 is 7.44. The summed E-state index contributed by atoms with van der Waals surface area (Å²) in [6, 6.07) is 35.0. The van der Waals surface area contributed by atoms with Crippen LogP contribution in [0.25, 0.3) is 0 Å². The molecule has 0 aliphatic rings. The fourth-order valence-electron chi connectivity index (χ4n) is 5.85. The minimum Gasteiger partial charge on any atom is -0.302 e. The Morgan fingerprint density at radius 3 is 0.940 bits per heavy atom. The summed E-state index contributed by atoms with van der Waals surface area (Å²) in [5.41, 5.74) is 4.72. The van der Waals surface area contributed by atoms with Crippen LogP contribution in [0.1, 0.15) is 41.8 Å². The molecule has 0 bridgehead atoms. The zero-order valence-corrected chi connectivity index (χ0v) is 31.8. The van der Waals surface area contributed by atoms with E-state index in [2.05, 4.69) is 152 Å². The third kappa shape index (κ3) is 12.6. The van der Waals surface area contributed by atoms with Gasteiger partial charge >= 0.3 is 0 Å². The van der Waals surface area contributed by atoms with Crippen molar-refractivity contribution < 1.29 is 0 Å². The number of hydrogen-bond donors (Lipinski definition) is 0. The maximum absolute atomic E-state index is 3.23. The average Bonchev–Trinajstić information content (AvgIpc) is 4.00. The van der Waals surface area contributed by atoms with Gasteiger partial charge in [-0.1, -0.05) is 60.4 Å². The molecule has 0 aliphatic carbocycles. The Labute approximate surface area is 315 Å². The monoisotopic (exact) mass is 728 g/mol. The highest BCUT2D eigenvalue weighted by atomic mass is 32.1. The van der Waals surface area contributed by atoms with Crippen molar-refractivity contribution in [3.8, 4) is 23.7 Å². The molecule has 6 aromatic rings. The summed E-state index contributed by atoms with van der Waals surface area (Å²) in [6.07, 6.45) is 6.56. The molecule has 0 fully saturated rings. The van der Waals surface area contributed by atoms with E-state index in [1.165, 1.54) is 30.6 Å². The number of rotatable bonds is 18. The molecule has 0 atom stereocenters. The lowest BCUT2D eigenvalue weighted by Crippen LogP contribution is -2.30. The molecule has 0 saturated heterocycles. The van der Waals surface area contributed by atoms with Crippen LogP contribution in [-0.4, -0.2) is 49.1 Å². The van der Waals surface area contributed by atoms with Gasteiger partial charge in [0.1, 0.15) is 0 Å². The van der Waals surface area contributed by atoms with Crippen LogP contribution < -0.4 is 0 Å². The van der Waals surface area contributed by atoms with E-state index in [1.807, 2.05) is 45.3 Å². The number of hydrogen-bond acceptors (Lipinski definition) is 6. The lowest BCUT2D eigenvalue weighted by atomic mass is 10.1. The van der Waals surface area contributed by atoms with Crippen molar-refractivity contribution in [3.05, 3.63) is 160 Å². The molecule has 0 spiro atoms. The molecule has 0 unspecified atom stereocenters. The molecule has 0 saturated carbocycles. The van der Waals surface area contributed by atoms with Gasteiger partial charge in [-0.15, -0.1) is 45.3 Å². The molecule has 2 aromatic carbocycles. The predicted octanol–water partition coefficient (Wildman–Crippen LogP) is 10.00. The lowest BCUT2D eigenvalue weighted by Gasteiger charge is -2.22. The summed E-state index contributed by atoms with van der Waals surface area (Å²) in [5, 5.41) is 8.71. The number of thiophene rings is 4. The van der Waals surface area contributed by atoms with Crippen molar-refractivity contribution in [3.63, 3.8) is 0 Å². The van der Waals surface area contributed by atoms with E-state index in [-0.39, 0.29) is 0 Å². The Morgan fingerprint density at radius 2 is 0.660 bits per heavy atom. The fourth-order valence-corrected chi connectivity index (χ4v) is 8.65. The van der Waals surface area contributed by atoms with Gasteiger partial charge in [0.15, 0.2) is 0 Å². The Morgan fingerprint density at radius 1 is 0.360 bits per heavy atom. The zero-order valence-electron chi connectivity index (χ0n) is 28.6. The SMILES string of the molecule is C(C#Cc1ccc(CCN(CCc2cccs2)CCc2cccs2)cc1)#Cc1ccc(CCN(CCc2cccs2)CCc2cccs2)cc1. The second-order valence-corrected chi connectivity index (χ2v) is 16.5. The van der Waals surface area contributed by atoms with Gasteiger partial charge in [-0.3, -0.25) is 0 Å². The van der Waals surface area contributed by atoms with Gasteiger partial charge in [0.2, 0.25) is 0 Å². The van der Waals surface area contributed by atoms with E-state index in [9.17, 15) is 0 Å². The van der Waals surface area contributed by atoms with Gasteiger partial charge in [-0.05, 0) is 132 Å². The van der Waals surface area contributed by atoms with Crippen LogP contribution in [0.5, 0.6) is 0 Å². The Balaban J connectivity index is 0.954. The predicted molar refractivity (Wildman–Crippen MR) is 219 cm³/mol. The van der Waals surface area contributed by atoms with Crippen LogP contribution in [0.2, 0.25) is 0 Å². The molecule has 6 rings (SSSR count). The van der Waals surface area contributed by atoms with E-state index >= 15 is 0 Å². The normalized spacial score (nSPS) is 11.0. The largest absolute Gasteiger partial charge is 0.302 e. The smallest absolute Gasteiger partial charge is 0.0255 e. The third-order valence-electron chi connectivity index (χ3n) is 8.84. The Kier molecular flexibility index (Phi) is 14.6. The Bertz CT molecular complexity index is 1680. The highest BCUT2D eigenvalue weighted by Gasteiger charge is 2.09. The van der Waals surface area contributed by atoms with Gasteiger partial charge in [0, 0.05) is 69.9 Å². The highest BCUT2D eigenvalue weighted by molar-refractivity contribution is 7.10. The van der Waals surface area contributed by atoms with Crippen LogP contribution in [0.3, 0.4) is 0 Å². The highest BCUT2D eigenvalue weighted by Crippen LogP contribution is 2.15. The quantitative estimate of drug-likeness (QED) is 0.0814. The van der Waals surface area contributed by atoms with Crippen molar-refractivity contribution in [1.82, 2.24) is 9.80 Å². The first-order valence-corrected chi connectivity index (χ1v) is 21.0. The summed E-state index contributed by atoms with van der Waals surface area (Å²) in [6.45, 7) is 6.53. The van der Waals surface area contributed by atoms with Crippen LogP contribution in [0.4, 0.5) is 0 Å². The summed E-state index contributed by atoms with van der Waals surface area (Å²) in [5.74, 6) is 12.6. The molecule has 254 valence electrons. The first kappa shape index (κ1) is 36.1. The molecule has 0 aliphatic heterocycles. The van der Waals surface area contributed by atoms with E-state index in [4.69, 9.17) is 0 Å². The zero-order chi connectivity index (χ0) is 34.1. The number of benzene rings is 2. The van der Waals surface area contributed by atoms with E-state index in [1.54, 1.807) is 0 Å². The molecule has 0 N–H and O–H groups in total. The van der Waals surface area contributed by atoms with Crippen LogP contribution in [0.15, 0.2) is 119 Å². The lowest BCUT2D eigenvalue weighted by molar-refractivity contribution is 0.285. The van der Waals surface area contributed by atoms with Crippen molar-refractivity contribution in [2.24, 2.45) is 0 Å². The van der Waals surface area contributed by atoms with Crippen LogP contribution in [0, 0.1) is 23.7 Å².